The zero-order valence-electron chi connectivity index (χ0n) is 14.1. The van der Waals surface area contributed by atoms with Crippen LogP contribution in [0, 0.1) is 0 Å². The standard InChI is InChI=1S/C17H25NO4/c1-16(2,3)18-15(19)10-7-8-12(21-6)11-9-13(17(4,5)20)22-14(10)11/h7-8,13,20H,9H2,1-6H3,(H,18,19)/t13-/m0/s1. The molecule has 0 unspecified atom stereocenters. The molecule has 122 valence electrons. The molecular formula is C17H25NO4. The lowest BCUT2D eigenvalue weighted by Gasteiger charge is -2.25. The van der Waals surface area contributed by atoms with Crippen LogP contribution in [0.1, 0.15) is 50.5 Å². The van der Waals surface area contributed by atoms with Gasteiger partial charge >= 0.3 is 0 Å². The zero-order chi connectivity index (χ0) is 16.7. The maximum absolute atomic E-state index is 12.5. The lowest BCUT2D eigenvalue weighted by molar-refractivity contribution is -0.0232. The van der Waals surface area contributed by atoms with Gasteiger partial charge in [0.2, 0.25) is 0 Å². The van der Waals surface area contributed by atoms with Crippen molar-refractivity contribution in [3.05, 3.63) is 23.3 Å². The summed E-state index contributed by atoms with van der Waals surface area (Å²) >= 11 is 0. The molecule has 0 saturated heterocycles. The van der Waals surface area contributed by atoms with E-state index in [1.54, 1.807) is 33.1 Å². The molecule has 5 nitrogen and oxygen atoms in total. The van der Waals surface area contributed by atoms with Crippen LogP contribution < -0.4 is 14.8 Å². The van der Waals surface area contributed by atoms with Crippen LogP contribution in [-0.4, -0.2) is 35.4 Å². The molecule has 0 fully saturated rings. The highest BCUT2D eigenvalue weighted by atomic mass is 16.5. The Morgan fingerprint density at radius 2 is 1.95 bits per heavy atom. The number of ether oxygens (including phenoxy) is 2. The molecule has 1 aromatic rings. The first-order chi connectivity index (χ1) is 10.0. The van der Waals surface area contributed by atoms with Gasteiger partial charge in [0.15, 0.2) is 0 Å². The van der Waals surface area contributed by atoms with Crippen molar-refractivity contribution in [1.29, 1.82) is 0 Å². The van der Waals surface area contributed by atoms with E-state index >= 15 is 0 Å². The number of aliphatic hydroxyl groups is 1. The number of amides is 1. The monoisotopic (exact) mass is 307 g/mol. The van der Waals surface area contributed by atoms with Gasteiger partial charge in [0, 0.05) is 17.5 Å². The summed E-state index contributed by atoms with van der Waals surface area (Å²) in [4.78, 5) is 12.5. The molecule has 0 saturated carbocycles. The quantitative estimate of drug-likeness (QED) is 0.899. The maximum atomic E-state index is 12.5. The van der Waals surface area contributed by atoms with Crippen LogP contribution in [0.3, 0.4) is 0 Å². The smallest absolute Gasteiger partial charge is 0.255 e. The molecule has 1 aliphatic heterocycles. The van der Waals surface area contributed by atoms with E-state index in [-0.39, 0.29) is 11.4 Å². The Labute approximate surface area is 131 Å². The van der Waals surface area contributed by atoms with Gasteiger partial charge in [-0.1, -0.05) is 0 Å². The van der Waals surface area contributed by atoms with Gasteiger partial charge < -0.3 is 19.9 Å². The maximum Gasteiger partial charge on any atom is 0.255 e. The van der Waals surface area contributed by atoms with Crippen LogP contribution in [0.2, 0.25) is 0 Å². The van der Waals surface area contributed by atoms with Crippen LogP contribution in [0.4, 0.5) is 0 Å². The molecule has 2 N–H and O–H groups in total. The first kappa shape index (κ1) is 16.6. The normalized spacial score (nSPS) is 17.7. The SMILES string of the molecule is COc1ccc(C(=O)NC(C)(C)C)c2c1C[C@@H](C(C)(C)O)O2. The lowest BCUT2D eigenvalue weighted by Crippen LogP contribution is -2.41. The van der Waals surface area contributed by atoms with Crippen molar-refractivity contribution in [3.63, 3.8) is 0 Å². The number of rotatable bonds is 3. The minimum absolute atomic E-state index is 0.192. The third-order valence-corrected chi connectivity index (χ3v) is 3.61. The number of fused-ring (bicyclic) bond motifs is 1. The molecule has 1 heterocycles. The fourth-order valence-electron chi connectivity index (χ4n) is 2.48. The molecule has 1 aromatic carbocycles. The number of benzene rings is 1. The van der Waals surface area contributed by atoms with Crippen molar-refractivity contribution in [2.45, 2.75) is 58.3 Å². The Hall–Kier alpha value is -1.75. The van der Waals surface area contributed by atoms with Crippen molar-refractivity contribution in [3.8, 4) is 11.5 Å². The first-order valence-electron chi connectivity index (χ1n) is 7.44. The Morgan fingerprint density at radius 1 is 1.32 bits per heavy atom. The van der Waals surface area contributed by atoms with Crippen molar-refractivity contribution in [2.75, 3.05) is 7.11 Å². The Morgan fingerprint density at radius 3 is 2.45 bits per heavy atom. The summed E-state index contributed by atoms with van der Waals surface area (Å²) in [5.74, 6) is 0.991. The second-order valence-corrected chi connectivity index (χ2v) is 7.29. The molecule has 1 atom stereocenters. The molecule has 5 heteroatoms. The third-order valence-electron chi connectivity index (χ3n) is 3.61. The van der Waals surface area contributed by atoms with Crippen molar-refractivity contribution in [2.24, 2.45) is 0 Å². The summed E-state index contributed by atoms with van der Waals surface area (Å²) in [6.45, 7) is 9.18. The third kappa shape index (κ3) is 3.35. The fourth-order valence-corrected chi connectivity index (χ4v) is 2.48. The van der Waals surface area contributed by atoms with Crippen molar-refractivity contribution >= 4 is 5.91 Å². The number of methoxy groups -OCH3 is 1. The molecule has 1 amide bonds. The molecular weight excluding hydrogens is 282 g/mol. The second-order valence-electron chi connectivity index (χ2n) is 7.29. The van der Waals surface area contributed by atoms with Gasteiger partial charge in [-0.3, -0.25) is 4.79 Å². The van der Waals surface area contributed by atoms with E-state index in [0.29, 0.717) is 23.5 Å². The van der Waals surface area contributed by atoms with E-state index in [1.165, 1.54) is 0 Å². The van der Waals surface area contributed by atoms with Gasteiger partial charge in [-0.15, -0.1) is 0 Å². The number of carbonyl (C=O) groups excluding carboxylic acids is 1. The number of carbonyl (C=O) groups is 1. The van der Waals surface area contributed by atoms with Crippen LogP contribution in [0.15, 0.2) is 12.1 Å². The van der Waals surface area contributed by atoms with E-state index in [9.17, 15) is 9.90 Å². The Balaban J connectivity index is 2.41. The first-order valence-corrected chi connectivity index (χ1v) is 7.44. The van der Waals surface area contributed by atoms with Gasteiger partial charge in [0.25, 0.3) is 5.91 Å². The average Bonchev–Trinajstić information content (AvgIpc) is 2.79. The number of hydrogen-bond donors (Lipinski definition) is 2. The van der Waals surface area contributed by atoms with Crippen LogP contribution in [0.25, 0.3) is 0 Å². The van der Waals surface area contributed by atoms with Gasteiger partial charge in [0.1, 0.15) is 17.6 Å². The minimum atomic E-state index is -0.998. The van der Waals surface area contributed by atoms with E-state index in [2.05, 4.69) is 5.32 Å². The highest BCUT2D eigenvalue weighted by molar-refractivity contribution is 5.98. The highest BCUT2D eigenvalue weighted by Crippen LogP contribution is 2.41. The molecule has 0 aliphatic carbocycles. The summed E-state index contributed by atoms with van der Waals surface area (Å²) in [5, 5.41) is 13.1. The fraction of sp³-hybridized carbons (Fsp3) is 0.588. The largest absolute Gasteiger partial charge is 0.496 e. The van der Waals surface area contributed by atoms with E-state index in [4.69, 9.17) is 9.47 Å². The Kier molecular flexibility index (Phi) is 4.13. The van der Waals surface area contributed by atoms with E-state index in [0.717, 1.165) is 5.56 Å². The summed E-state index contributed by atoms with van der Waals surface area (Å²) in [6, 6.07) is 3.47. The predicted molar refractivity (Wildman–Crippen MR) is 84.6 cm³/mol. The summed E-state index contributed by atoms with van der Waals surface area (Å²) < 4.78 is 11.3. The molecule has 22 heavy (non-hydrogen) atoms. The Bertz CT molecular complexity index is 582. The van der Waals surface area contributed by atoms with Crippen molar-refractivity contribution < 1.29 is 19.4 Å². The lowest BCUT2D eigenvalue weighted by atomic mass is 9.96. The van der Waals surface area contributed by atoms with Crippen LogP contribution >= 0.6 is 0 Å². The number of nitrogens with one attached hydrogen (secondary N) is 1. The van der Waals surface area contributed by atoms with E-state index < -0.39 is 11.7 Å². The van der Waals surface area contributed by atoms with Gasteiger partial charge in [-0.05, 0) is 46.8 Å². The van der Waals surface area contributed by atoms with Crippen LogP contribution in [0.5, 0.6) is 11.5 Å². The minimum Gasteiger partial charge on any atom is -0.496 e. The van der Waals surface area contributed by atoms with Gasteiger partial charge in [-0.25, -0.2) is 0 Å². The summed E-state index contributed by atoms with van der Waals surface area (Å²) in [5.41, 5.74) is -0.0337. The number of hydrogen-bond acceptors (Lipinski definition) is 4. The molecule has 0 spiro atoms. The average molecular weight is 307 g/mol. The second kappa shape index (κ2) is 5.47. The highest BCUT2D eigenvalue weighted by Gasteiger charge is 2.38. The molecule has 1 aliphatic rings. The zero-order valence-corrected chi connectivity index (χ0v) is 14.1. The van der Waals surface area contributed by atoms with Gasteiger partial charge in [0.05, 0.1) is 18.3 Å². The molecule has 2 rings (SSSR count). The molecule has 0 radical (unpaired) electrons. The topological polar surface area (TPSA) is 67.8 Å². The molecule has 0 aromatic heterocycles. The predicted octanol–water partition coefficient (Wildman–Crippen LogP) is 2.30. The summed E-state index contributed by atoms with van der Waals surface area (Å²) in [6.07, 6.45) is 0.110. The summed E-state index contributed by atoms with van der Waals surface area (Å²) in [7, 11) is 1.59. The van der Waals surface area contributed by atoms with Crippen LogP contribution in [-0.2, 0) is 6.42 Å². The van der Waals surface area contributed by atoms with Crippen molar-refractivity contribution in [1.82, 2.24) is 5.32 Å². The molecule has 0 bridgehead atoms. The van der Waals surface area contributed by atoms with E-state index in [1.807, 2.05) is 20.8 Å². The van der Waals surface area contributed by atoms with Gasteiger partial charge in [-0.2, -0.15) is 0 Å².